The number of hydrogen-bond donors (Lipinski definition) is 1. The molecule has 2 atom stereocenters. The lowest BCUT2D eigenvalue weighted by Crippen LogP contribution is -2.48. The SMILES string of the molecule is C.CC(c1cc2c(cc1Cl)OCC(=O)N2)C(Cl)N1CCOCCN1C=O.N#CCN1C(=O)COc2cc(Cl)c(-c3c(Cl)n4n(c3=O)CCOCC4)cc21. The van der Waals surface area contributed by atoms with Gasteiger partial charge in [0.05, 0.1) is 74.1 Å². The molecule has 1 saturated heterocycles. The number of carbonyl (C=O) groups is 3. The van der Waals surface area contributed by atoms with Gasteiger partial charge in [0, 0.05) is 35.2 Å². The van der Waals surface area contributed by atoms with Crippen molar-refractivity contribution in [2.24, 2.45) is 0 Å². The number of fused-ring (bicyclic) bond motifs is 3. The van der Waals surface area contributed by atoms with Crippen LogP contribution in [0.25, 0.3) is 11.1 Å². The third-order valence-electron chi connectivity index (χ3n) is 8.86. The van der Waals surface area contributed by atoms with Crippen LogP contribution in [0.15, 0.2) is 29.1 Å². The van der Waals surface area contributed by atoms with Gasteiger partial charge in [-0.2, -0.15) is 10.3 Å². The van der Waals surface area contributed by atoms with Crippen LogP contribution in [0.1, 0.15) is 25.8 Å². The van der Waals surface area contributed by atoms with Crippen LogP contribution in [0.5, 0.6) is 11.5 Å². The summed E-state index contributed by atoms with van der Waals surface area (Å²) in [5.41, 5.74) is 1.56. The average Bonchev–Trinajstić information content (AvgIpc) is 3.41. The maximum atomic E-state index is 13.0. The van der Waals surface area contributed by atoms with Gasteiger partial charge in [-0.1, -0.05) is 49.2 Å². The summed E-state index contributed by atoms with van der Waals surface area (Å²) in [6.45, 7) is 5.17. The zero-order valence-corrected chi connectivity index (χ0v) is 30.8. The zero-order chi connectivity index (χ0) is 37.1. The van der Waals surface area contributed by atoms with E-state index < -0.39 is 5.50 Å². The third kappa shape index (κ3) is 8.24. The van der Waals surface area contributed by atoms with Gasteiger partial charge in [-0.15, -0.1) is 11.6 Å². The topological polar surface area (TPSA) is 161 Å². The Labute approximate surface area is 325 Å². The molecule has 0 saturated carbocycles. The molecule has 1 N–H and O–H groups in total. The monoisotopic (exact) mass is 811 g/mol. The Morgan fingerprint density at radius 2 is 1.57 bits per heavy atom. The van der Waals surface area contributed by atoms with Crippen LogP contribution in [-0.2, 0) is 36.9 Å². The highest BCUT2D eigenvalue weighted by atomic mass is 35.5. The van der Waals surface area contributed by atoms with Crippen molar-refractivity contribution in [2.45, 2.75) is 38.9 Å². The Morgan fingerprint density at radius 3 is 2.28 bits per heavy atom. The molecule has 5 heterocycles. The first-order chi connectivity index (χ1) is 25.0. The summed E-state index contributed by atoms with van der Waals surface area (Å²) in [7, 11) is 0. The van der Waals surface area contributed by atoms with E-state index in [1.165, 1.54) is 20.7 Å². The molecule has 0 aliphatic carbocycles. The Morgan fingerprint density at radius 1 is 0.906 bits per heavy atom. The standard InChI is InChI=1S/C17H14Cl2N4O4.C16H19Cl2N3O4.CH4/c18-11-8-13-12(21(2-1-20)14(24)9-27-13)7-10(11)15-16(19)22-3-5-26-6-4-23(22)17(15)25;1-10(16(18)21-3-5-24-4-2-20(21)9-22)11-6-13-14(7-12(11)17)25-8-15(23)19-13;/h7-8H,2-6,9H2;6-7,9-10,16H,2-5,8H2,1H3,(H,19,23);1H4. The van der Waals surface area contributed by atoms with E-state index in [9.17, 15) is 19.2 Å². The van der Waals surface area contributed by atoms with Crippen molar-refractivity contribution in [3.63, 3.8) is 0 Å². The molecular formula is C34H37Cl4N7O8. The first-order valence-electron chi connectivity index (χ1n) is 16.2. The molecule has 284 valence electrons. The van der Waals surface area contributed by atoms with Gasteiger partial charge in [0.1, 0.15) is 28.7 Å². The minimum absolute atomic E-state index is 0. The van der Waals surface area contributed by atoms with Crippen molar-refractivity contribution in [1.29, 1.82) is 5.26 Å². The molecule has 4 aliphatic rings. The number of alkyl halides is 1. The van der Waals surface area contributed by atoms with Crippen LogP contribution < -0.4 is 25.2 Å². The second-order valence-electron chi connectivity index (χ2n) is 12.0. The number of anilines is 2. The fourth-order valence-corrected chi connectivity index (χ4v) is 7.50. The molecule has 4 aliphatic heterocycles. The van der Waals surface area contributed by atoms with E-state index in [2.05, 4.69) is 5.32 Å². The maximum absolute atomic E-state index is 13.0. The summed E-state index contributed by atoms with van der Waals surface area (Å²) in [5, 5.41) is 16.1. The molecule has 3 aromatic rings. The van der Waals surface area contributed by atoms with E-state index in [0.29, 0.717) is 86.1 Å². The maximum Gasteiger partial charge on any atom is 0.276 e. The van der Waals surface area contributed by atoms with E-state index in [1.54, 1.807) is 27.9 Å². The number of benzene rings is 2. The van der Waals surface area contributed by atoms with Gasteiger partial charge in [0.2, 0.25) is 6.41 Å². The first-order valence-corrected chi connectivity index (χ1v) is 17.8. The Kier molecular flexibility index (Phi) is 13.2. The molecule has 0 bridgehead atoms. The minimum atomic E-state index is -0.511. The molecule has 1 aromatic heterocycles. The van der Waals surface area contributed by atoms with E-state index in [1.807, 2.05) is 13.0 Å². The Bertz CT molecular complexity index is 1980. The number of hydrogen-bond acceptors (Lipinski definition) is 10. The lowest BCUT2D eigenvalue weighted by Gasteiger charge is -2.36. The number of nitrogens with one attached hydrogen (secondary N) is 1. The molecule has 2 aromatic carbocycles. The lowest BCUT2D eigenvalue weighted by molar-refractivity contribution is -0.135. The van der Waals surface area contributed by atoms with E-state index in [0.717, 1.165) is 12.0 Å². The van der Waals surface area contributed by atoms with Crippen molar-refractivity contribution < 1.29 is 33.3 Å². The Balaban J connectivity index is 0.000000201. The second kappa shape index (κ2) is 17.4. The number of halogens is 4. The van der Waals surface area contributed by atoms with Gasteiger partial charge in [-0.25, -0.2) is 4.68 Å². The fourth-order valence-electron chi connectivity index (χ4n) is 6.22. The third-order valence-corrected chi connectivity index (χ3v) is 10.5. The van der Waals surface area contributed by atoms with Crippen LogP contribution in [0.4, 0.5) is 11.4 Å². The fraction of sp³-hybridized carbons (Fsp3) is 0.441. The lowest BCUT2D eigenvalue weighted by atomic mass is 9.99. The number of carbonyl (C=O) groups excluding carboxylic acids is 3. The second-order valence-corrected chi connectivity index (χ2v) is 13.6. The highest BCUT2D eigenvalue weighted by Crippen LogP contribution is 2.42. The van der Waals surface area contributed by atoms with Gasteiger partial charge in [-0.05, 0) is 17.7 Å². The quantitative estimate of drug-likeness (QED) is 0.162. The number of hydrazine groups is 1. The van der Waals surface area contributed by atoms with Crippen LogP contribution in [0.3, 0.4) is 0 Å². The van der Waals surface area contributed by atoms with E-state index >= 15 is 0 Å². The zero-order valence-electron chi connectivity index (χ0n) is 27.8. The normalized spacial score (nSPS) is 18.0. The molecule has 53 heavy (non-hydrogen) atoms. The smallest absolute Gasteiger partial charge is 0.276 e. The highest BCUT2D eigenvalue weighted by Gasteiger charge is 2.32. The molecule has 7 rings (SSSR count). The van der Waals surface area contributed by atoms with Crippen LogP contribution >= 0.6 is 46.4 Å². The molecule has 0 radical (unpaired) electrons. The van der Waals surface area contributed by atoms with Gasteiger partial charge in [0.25, 0.3) is 17.4 Å². The summed E-state index contributed by atoms with van der Waals surface area (Å²) < 4.78 is 24.8. The van der Waals surface area contributed by atoms with Crippen molar-refractivity contribution in [3.05, 3.63) is 55.4 Å². The summed E-state index contributed by atoms with van der Waals surface area (Å²) in [4.78, 5) is 49.3. The predicted octanol–water partition coefficient (Wildman–Crippen LogP) is 4.58. The number of amides is 3. The molecule has 15 nitrogen and oxygen atoms in total. The number of nitriles is 1. The van der Waals surface area contributed by atoms with Gasteiger partial charge < -0.3 is 24.3 Å². The number of aromatic nitrogens is 2. The molecule has 1 fully saturated rings. The van der Waals surface area contributed by atoms with E-state index in [-0.39, 0.29) is 66.2 Å². The van der Waals surface area contributed by atoms with Crippen molar-refractivity contribution in [2.75, 3.05) is 69.5 Å². The van der Waals surface area contributed by atoms with Crippen LogP contribution in [-0.4, -0.2) is 102 Å². The predicted molar refractivity (Wildman–Crippen MR) is 199 cm³/mol. The van der Waals surface area contributed by atoms with Gasteiger partial charge in [-0.3, -0.25) is 33.8 Å². The number of rotatable bonds is 6. The molecular weight excluding hydrogens is 776 g/mol. The van der Waals surface area contributed by atoms with Crippen molar-refractivity contribution in [3.8, 4) is 28.7 Å². The largest absolute Gasteiger partial charge is 0.482 e. The van der Waals surface area contributed by atoms with Crippen LogP contribution in [0.2, 0.25) is 15.2 Å². The number of nitrogens with zero attached hydrogens (tertiary/aromatic N) is 6. The summed E-state index contributed by atoms with van der Waals surface area (Å²) in [6, 6.07) is 8.52. The summed E-state index contributed by atoms with van der Waals surface area (Å²) >= 11 is 26.0. The van der Waals surface area contributed by atoms with E-state index in [4.69, 9.17) is 70.6 Å². The summed E-state index contributed by atoms with van der Waals surface area (Å²) in [5.74, 6) is 0.143. The molecule has 2 unspecified atom stereocenters. The molecule has 0 spiro atoms. The highest BCUT2D eigenvalue weighted by molar-refractivity contribution is 6.36. The average molecular weight is 814 g/mol. The summed E-state index contributed by atoms with van der Waals surface area (Å²) in [6.07, 6.45) is 0.749. The van der Waals surface area contributed by atoms with Crippen LogP contribution in [0, 0.1) is 11.3 Å². The van der Waals surface area contributed by atoms with Gasteiger partial charge in [0.15, 0.2) is 13.2 Å². The first kappa shape index (κ1) is 40.2. The minimum Gasteiger partial charge on any atom is -0.482 e. The van der Waals surface area contributed by atoms with Gasteiger partial charge >= 0.3 is 0 Å². The Hall–Kier alpha value is -4.01. The number of ether oxygens (including phenoxy) is 4. The van der Waals surface area contributed by atoms with Crippen molar-refractivity contribution in [1.82, 2.24) is 19.4 Å². The van der Waals surface area contributed by atoms with Crippen molar-refractivity contribution >= 4 is 76.0 Å². The molecule has 19 heteroatoms. The molecule has 3 amide bonds.